The second-order valence-corrected chi connectivity index (χ2v) is 6.56. The monoisotopic (exact) mass is 305 g/mol. The van der Waals surface area contributed by atoms with Gasteiger partial charge in [0.15, 0.2) is 0 Å². The second-order valence-electron chi connectivity index (χ2n) is 5.12. The smallest absolute Gasteiger partial charge is 0.140 e. The Morgan fingerprint density at radius 3 is 2.85 bits per heavy atom. The molecule has 0 atom stereocenters. The van der Waals surface area contributed by atoms with Gasteiger partial charge in [-0.3, -0.25) is 0 Å². The summed E-state index contributed by atoms with van der Waals surface area (Å²) in [6.07, 6.45) is 0. The summed E-state index contributed by atoms with van der Waals surface area (Å²) in [5.41, 5.74) is 2.28. The van der Waals surface area contributed by atoms with Crippen molar-refractivity contribution < 1.29 is 4.74 Å². The Hall–Kier alpha value is -1.45. The van der Waals surface area contributed by atoms with Crippen LogP contribution in [0.25, 0.3) is 10.9 Å². The SMILES string of the molecule is CC(C)c1cc2cc(Cl)c(OCc3cccs3)cc2[nH]1. The largest absolute Gasteiger partial charge is 0.486 e. The third-order valence-corrected chi connectivity index (χ3v) is 4.41. The number of nitrogens with one attached hydrogen (secondary N) is 1. The molecule has 104 valence electrons. The van der Waals surface area contributed by atoms with Crippen LogP contribution in [0.4, 0.5) is 0 Å². The molecule has 3 rings (SSSR count). The molecule has 1 N–H and O–H groups in total. The van der Waals surface area contributed by atoms with Crippen molar-refractivity contribution in [3.63, 3.8) is 0 Å². The number of fused-ring (bicyclic) bond motifs is 1. The average Bonchev–Trinajstić information content (AvgIpc) is 3.04. The number of thiophene rings is 1. The van der Waals surface area contributed by atoms with Crippen molar-refractivity contribution in [2.75, 3.05) is 0 Å². The molecule has 0 amide bonds. The van der Waals surface area contributed by atoms with Crippen LogP contribution in [0.15, 0.2) is 35.7 Å². The van der Waals surface area contributed by atoms with Crippen molar-refractivity contribution in [1.82, 2.24) is 4.98 Å². The molecule has 0 saturated carbocycles. The van der Waals surface area contributed by atoms with Gasteiger partial charge in [-0.15, -0.1) is 11.3 Å². The van der Waals surface area contributed by atoms with E-state index in [-0.39, 0.29) is 0 Å². The summed E-state index contributed by atoms with van der Waals surface area (Å²) in [7, 11) is 0. The highest BCUT2D eigenvalue weighted by atomic mass is 35.5. The normalized spacial score (nSPS) is 11.4. The number of ether oxygens (including phenoxy) is 1. The molecule has 0 fully saturated rings. The van der Waals surface area contributed by atoms with Crippen molar-refractivity contribution in [2.24, 2.45) is 0 Å². The first kappa shape index (κ1) is 13.5. The van der Waals surface area contributed by atoms with E-state index in [1.807, 2.05) is 23.6 Å². The molecule has 2 heterocycles. The minimum atomic E-state index is 0.469. The van der Waals surface area contributed by atoms with Gasteiger partial charge in [0.2, 0.25) is 0 Å². The van der Waals surface area contributed by atoms with Crippen molar-refractivity contribution in [3.8, 4) is 5.75 Å². The highest BCUT2D eigenvalue weighted by Gasteiger charge is 2.09. The lowest BCUT2D eigenvalue weighted by atomic mass is 10.1. The van der Waals surface area contributed by atoms with Crippen LogP contribution in [-0.2, 0) is 6.61 Å². The maximum atomic E-state index is 6.30. The Balaban J connectivity index is 1.88. The van der Waals surface area contributed by atoms with Crippen molar-refractivity contribution in [1.29, 1.82) is 0 Å². The summed E-state index contributed by atoms with van der Waals surface area (Å²) < 4.78 is 5.82. The predicted octanol–water partition coefficient (Wildman–Crippen LogP) is 5.59. The molecule has 2 nitrogen and oxygen atoms in total. The number of aromatic nitrogens is 1. The number of benzene rings is 1. The zero-order chi connectivity index (χ0) is 14.1. The molecule has 1 aromatic carbocycles. The molecule has 0 radical (unpaired) electrons. The van der Waals surface area contributed by atoms with Crippen LogP contribution in [0.5, 0.6) is 5.75 Å². The van der Waals surface area contributed by atoms with Gasteiger partial charge < -0.3 is 9.72 Å². The lowest BCUT2D eigenvalue weighted by Gasteiger charge is -2.07. The van der Waals surface area contributed by atoms with E-state index in [0.29, 0.717) is 17.5 Å². The van der Waals surface area contributed by atoms with Gasteiger partial charge in [-0.25, -0.2) is 0 Å². The predicted molar refractivity (Wildman–Crippen MR) is 86.0 cm³/mol. The first-order valence-electron chi connectivity index (χ1n) is 6.61. The van der Waals surface area contributed by atoms with Gasteiger partial charge in [-0.1, -0.05) is 31.5 Å². The number of rotatable bonds is 4. The van der Waals surface area contributed by atoms with Crippen LogP contribution in [0, 0.1) is 0 Å². The summed E-state index contributed by atoms with van der Waals surface area (Å²) >= 11 is 7.98. The molecule has 0 bridgehead atoms. The fourth-order valence-electron chi connectivity index (χ4n) is 2.12. The Bertz CT molecular complexity index is 715. The first-order valence-corrected chi connectivity index (χ1v) is 7.86. The van der Waals surface area contributed by atoms with E-state index in [0.717, 1.165) is 16.7 Å². The van der Waals surface area contributed by atoms with Crippen LogP contribution in [0.3, 0.4) is 0 Å². The fourth-order valence-corrected chi connectivity index (χ4v) is 2.96. The number of aromatic amines is 1. The molecular formula is C16H16ClNOS. The average molecular weight is 306 g/mol. The van der Waals surface area contributed by atoms with Crippen LogP contribution in [0.2, 0.25) is 5.02 Å². The van der Waals surface area contributed by atoms with Crippen LogP contribution in [0.1, 0.15) is 30.3 Å². The van der Waals surface area contributed by atoms with E-state index < -0.39 is 0 Å². The minimum absolute atomic E-state index is 0.469. The van der Waals surface area contributed by atoms with Crippen LogP contribution >= 0.6 is 22.9 Å². The molecule has 0 unspecified atom stereocenters. The minimum Gasteiger partial charge on any atom is -0.486 e. The second kappa shape index (κ2) is 5.51. The van der Waals surface area contributed by atoms with Gasteiger partial charge in [0, 0.05) is 27.5 Å². The molecule has 2 aromatic heterocycles. The van der Waals surface area contributed by atoms with E-state index in [4.69, 9.17) is 16.3 Å². The lowest BCUT2D eigenvalue weighted by Crippen LogP contribution is -1.93. The molecule has 0 aliphatic carbocycles. The van der Waals surface area contributed by atoms with Crippen molar-refractivity contribution in [3.05, 3.63) is 51.3 Å². The Kier molecular flexibility index (Phi) is 3.72. The molecule has 20 heavy (non-hydrogen) atoms. The van der Waals surface area contributed by atoms with Crippen LogP contribution < -0.4 is 4.74 Å². The lowest BCUT2D eigenvalue weighted by molar-refractivity contribution is 0.310. The zero-order valence-electron chi connectivity index (χ0n) is 11.4. The molecule has 0 aliphatic rings. The highest BCUT2D eigenvalue weighted by molar-refractivity contribution is 7.09. The summed E-state index contributed by atoms with van der Waals surface area (Å²) in [5.74, 6) is 1.20. The van der Waals surface area contributed by atoms with Gasteiger partial charge in [-0.2, -0.15) is 0 Å². The quantitative estimate of drug-likeness (QED) is 0.668. The molecule has 4 heteroatoms. The maximum Gasteiger partial charge on any atom is 0.140 e. The Labute approximate surface area is 127 Å². The molecule has 0 spiro atoms. The number of halogens is 1. The molecule has 0 aliphatic heterocycles. The van der Waals surface area contributed by atoms with E-state index >= 15 is 0 Å². The van der Waals surface area contributed by atoms with E-state index in [9.17, 15) is 0 Å². The summed E-state index contributed by atoms with van der Waals surface area (Å²) in [6, 6.07) is 10.2. The fraction of sp³-hybridized carbons (Fsp3) is 0.250. The summed E-state index contributed by atoms with van der Waals surface area (Å²) in [4.78, 5) is 4.61. The Morgan fingerprint density at radius 1 is 1.30 bits per heavy atom. The molecule has 3 aromatic rings. The third kappa shape index (κ3) is 2.69. The van der Waals surface area contributed by atoms with E-state index in [2.05, 4.69) is 31.0 Å². The zero-order valence-corrected chi connectivity index (χ0v) is 13.0. The van der Waals surface area contributed by atoms with Gasteiger partial charge in [0.1, 0.15) is 12.4 Å². The number of hydrogen-bond acceptors (Lipinski definition) is 2. The number of hydrogen-bond donors (Lipinski definition) is 1. The van der Waals surface area contributed by atoms with Crippen molar-refractivity contribution >= 4 is 33.8 Å². The topological polar surface area (TPSA) is 25.0 Å². The van der Waals surface area contributed by atoms with Gasteiger partial charge in [0.05, 0.1) is 5.02 Å². The third-order valence-electron chi connectivity index (χ3n) is 3.27. The van der Waals surface area contributed by atoms with E-state index in [1.165, 1.54) is 10.6 Å². The van der Waals surface area contributed by atoms with Crippen molar-refractivity contribution in [2.45, 2.75) is 26.4 Å². The van der Waals surface area contributed by atoms with Crippen LogP contribution in [-0.4, -0.2) is 4.98 Å². The first-order chi connectivity index (χ1) is 9.63. The molecule has 0 saturated heterocycles. The Morgan fingerprint density at radius 2 is 2.15 bits per heavy atom. The van der Waals surface area contributed by atoms with Gasteiger partial charge >= 0.3 is 0 Å². The van der Waals surface area contributed by atoms with Gasteiger partial charge in [-0.05, 0) is 29.5 Å². The standard InChI is InChI=1S/C16H16ClNOS/c1-10(2)14-7-11-6-13(17)16(8-15(11)18-14)19-9-12-4-3-5-20-12/h3-8,10,18H,9H2,1-2H3. The van der Waals surface area contributed by atoms with Gasteiger partial charge in [0.25, 0.3) is 0 Å². The maximum absolute atomic E-state index is 6.30. The number of H-pyrrole nitrogens is 1. The summed E-state index contributed by atoms with van der Waals surface area (Å²) in [5, 5.41) is 3.83. The highest BCUT2D eigenvalue weighted by Crippen LogP contribution is 2.32. The molecular weight excluding hydrogens is 290 g/mol. The van der Waals surface area contributed by atoms with E-state index in [1.54, 1.807) is 11.3 Å². The summed E-state index contributed by atoms with van der Waals surface area (Å²) in [6.45, 7) is 4.89.